The van der Waals surface area contributed by atoms with Crippen molar-refractivity contribution in [1.29, 1.82) is 0 Å². The van der Waals surface area contributed by atoms with Gasteiger partial charge in [0.2, 0.25) is 5.91 Å². The predicted octanol–water partition coefficient (Wildman–Crippen LogP) is 2.88. The van der Waals surface area contributed by atoms with Crippen LogP contribution in [0.5, 0.6) is 0 Å². The van der Waals surface area contributed by atoms with E-state index in [9.17, 15) is 4.79 Å². The van der Waals surface area contributed by atoms with E-state index in [1.807, 2.05) is 31.2 Å². The molecule has 1 aromatic carbocycles. The number of aryl methyl sites for hydroxylation is 1. The van der Waals surface area contributed by atoms with Crippen LogP contribution < -0.4 is 5.32 Å². The molecule has 6 nitrogen and oxygen atoms in total. The molecule has 6 heteroatoms. The largest absolute Gasteiger partial charge is 0.326 e. The minimum absolute atomic E-state index is 0.0810. The lowest BCUT2D eigenvalue weighted by Gasteiger charge is -2.10. The Morgan fingerprint density at radius 1 is 1.36 bits per heavy atom. The molecule has 0 spiro atoms. The highest BCUT2D eigenvalue weighted by Gasteiger charge is 2.16. The van der Waals surface area contributed by atoms with Crippen molar-refractivity contribution >= 4 is 11.6 Å². The number of aromatic nitrogens is 4. The van der Waals surface area contributed by atoms with Gasteiger partial charge in [-0.1, -0.05) is 31.7 Å². The molecule has 0 saturated heterocycles. The van der Waals surface area contributed by atoms with E-state index in [-0.39, 0.29) is 5.91 Å². The van der Waals surface area contributed by atoms with Crippen molar-refractivity contribution in [3.8, 4) is 5.69 Å². The topological polar surface area (TPSA) is 72.7 Å². The van der Waals surface area contributed by atoms with E-state index in [2.05, 4.69) is 20.8 Å². The van der Waals surface area contributed by atoms with Crippen LogP contribution in [0.1, 0.15) is 44.3 Å². The average Bonchev–Trinajstić information content (AvgIpc) is 3.16. The summed E-state index contributed by atoms with van der Waals surface area (Å²) in [5, 5.41) is 14.4. The summed E-state index contributed by atoms with van der Waals surface area (Å²) in [7, 11) is 0. The summed E-state index contributed by atoms with van der Waals surface area (Å²) in [6.07, 6.45) is 6.79. The van der Waals surface area contributed by atoms with E-state index in [4.69, 9.17) is 0 Å². The lowest BCUT2D eigenvalue weighted by atomic mass is 10.0. The normalized spacial score (nSPS) is 15.1. The molecule has 3 rings (SSSR count). The van der Waals surface area contributed by atoms with Gasteiger partial charge in [0.05, 0.1) is 5.69 Å². The van der Waals surface area contributed by atoms with Gasteiger partial charge in [-0.15, -0.1) is 5.10 Å². The molecule has 1 N–H and O–H groups in total. The number of anilines is 1. The predicted molar refractivity (Wildman–Crippen MR) is 83.7 cm³/mol. The molecule has 0 atom stereocenters. The van der Waals surface area contributed by atoms with E-state index in [1.54, 1.807) is 4.68 Å². The van der Waals surface area contributed by atoms with Crippen molar-refractivity contribution in [2.24, 2.45) is 5.92 Å². The number of hydrogen-bond acceptors (Lipinski definition) is 4. The molecule has 0 aliphatic heterocycles. The van der Waals surface area contributed by atoms with Gasteiger partial charge in [0.1, 0.15) is 0 Å². The molecule has 1 heterocycles. The van der Waals surface area contributed by atoms with E-state index >= 15 is 0 Å². The molecule has 0 bridgehead atoms. The fraction of sp³-hybridized carbons (Fsp3) is 0.500. The van der Waals surface area contributed by atoms with Crippen molar-refractivity contribution in [3.63, 3.8) is 0 Å². The monoisotopic (exact) mass is 299 g/mol. The van der Waals surface area contributed by atoms with Crippen LogP contribution in [0.3, 0.4) is 0 Å². The molecule has 22 heavy (non-hydrogen) atoms. The fourth-order valence-electron chi connectivity index (χ4n) is 3.04. The second kappa shape index (κ2) is 6.68. The highest BCUT2D eigenvalue weighted by molar-refractivity contribution is 5.90. The number of carbonyl (C=O) groups is 1. The van der Waals surface area contributed by atoms with Gasteiger partial charge in [0.15, 0.2) is 5.82 Å². The number of hydrogen-bond donors (Lipinski definition) is 1. The second-order valence-electron chi connectivity index (χ2n) is 5.93. The Kier molecular flexibility index (Phi) is 4.46. The summed E-state index contributed by atoms with van der Waals surface area (Å²) in [6.45, 7) is 1.84. The standard InChI is InChI=1S/C16H21N5O/c1-12-18-19-20-21(12)15-8-4-7-14(11-15)17-16(22)10-9-13-5-2-3-6-13/h4,7-8,11,13H,2-3,5-6,9-10H2,1H3,(H,17,22). The molecule has 0 unspecified atom stereocenters. The Bertz CT molecular complexity index is 645. The quantitative estimate of drug-likeness (QED) is 0.921. The number of carbonyl (C=O) groups excluding carboxylic acids is 1. The van der Waals surface area contributed by atoms with Gasteiger partial charge < -0.3 is 5.32 Å². The molecule has 1 fully saturated rings. The zero-order chi connectivity index (χ0) is 15.4. The maximum atomic E-state index is 12.1. The molecule has 1 saturated carbocycles. The van der Waals surface area contributed by atoms with Gasteiger partial charge in [-0.2, -0.15) is 4.68 Å². The number of nitrogens with zero attached hydrogens (tertiary/aromatic N) is 4. The zero-order valence-electron chi connectivity index (χ0n) is 12.8. The van der Waals surface area contributed by atoms with Crippen molar-refractivity contribution < 1.29 is 4.79 Å². The van der Waals surface area contributed by atoms with Crippen LogP contribution in [0.2, 0.25) is 0 Å². The van der Waals surface area contributed by atoms with E-state index in [0.717, 1.165) is 23.7 Å². The first kappa shape index (κ1) is 14.7. The average molecular weight is 299 g/mol. The van der Waals surface area contributed by atoms with Gasteiger partial charge >= 0.3 is 0 Å². The number of amides is 1. The van der Waals surface area contributed by atoms with Crippen LogP contribution in [0, 0.1) is 12.8 Å². The van der Waals surface area contributed by atoms with Gasteiger partial charge in [-0.3, -0.25) is 4.79 Å². The third kappa shape index (κ3) is 3.50. The van der Waals surface area contributed by atoms with Crippen LogP contribution in [0.25, 0.3) is 5.69 Å². The number of tetrazole rings is 1. The van der Waals surface area contributed by atoms with E-state index in [1.165, 1.54) is 25.7 Å². The first-order valence-electron chi connectivity index (χ1n) is 7.87. The van der Waals surface area contributed by atoms with E-state index in [0.29, 0.717) is 12.2 Å². The number of rotatable bonds is 5. The molecular weight excluding hydrogens is 278 g/mol. The number of nitrogens with one attached hydrogen (secondary N) is 1. The van der Waals surface area contributed by atoms with Crippen LogP contribution >= 0.6 is 0 Å². The summed E-state index contributed by atoms with van der Waals surface area (Å²) in [6, 6.07) is 7.58. The molecule has 1 amide bonds. The van der Waals surface area contributed by atoms with E-state index < -0.39 is 0 Å². The fourth-order valence-corrected chi connectivity index (χ4v) is 3.04. The lowest BCUT2D eigenvalue weighted by Crippen LogP contribution is -2.13. The summed E-state index contributed by atoms with van der Waals surface area (Å²) in [5.41, 5.74) is 1.62. The molecule has 116 valence electrons. The summed E-state index contributed by atoms with van der Waals surface area (Å²) in [4.78, 5) is 12.1. The van der Waals surface area contributed by atoms with Gasteiger partial charge in [-0.25, -0.2) is 0 Å². The maximum absolute atomic E-state index is 12.1. The summed E-state index contributed by atoms with van der Waals surface area (Å²) >= 11 is 0. The van der Waals surface area contributed by atoms with Crippen LogP contribution in [-0.4, -0.2) is 26.1 Å². The lowest BCUT2D eigenvalue weighted by molar-refractivity contribution is -0.116. The zero-order valence-corrected chi connectivity index (χ0v) is 12.8. The molecule has 2 aromatic rings. The Labute approximate surface area is 129 Å². The van der Waals surface area contributed by atoms with Crippen molar-refractivity contribution in [3.05, 3.63) is 30.1 Å². The van der Waals surface area contributed by atoms with Crippen LogP contribution in [-0.2, 0) is 4.79 Å². The minimum atomic E-state index is 0.0810. The molecule has 1 aliphatic rings. The third-order valence-electron chi connectivity index (χ3n) is 4.25. The molecular formula is C16H21N5O. The Balaban J connectivity index is 1.60. The maximum Gasteiger partial charge on any atom is 0.224 e. The van der Waals surface area contributed by atoms with Crippen molar-refractivity contribution in [1.82, 2.24) is 20.2 Å². The van der Waals surface area contributed by atoms with Gasteiger partial charge in [-0.05, 0) is 47.9 Å². The van der Waals surface area contributed by atoms with Crippen molar-refractivity contribution in [2.75, 3.05) is 5.32 Å². The van der Waals surface area contributed by atoms with Gasteiger partial charge in [0.25, 0.3) is 0 Å². The Morgan fingerprint density at radius 3 is 2.91 bits per heavy atom. The van der Waals surface area contributed by atoms with Crippen molar-refractivity contribution in [2.45, 2.75) is 45.4 Å². The third-order valence-corrected chi connectivity index (χ3v) is 4.25. The Hall–Kier alpha value is -2.24. The second-order valence-corrected chi connectivity index (χ2v) is 5.93. The summed E-state index contributed by atoms with van der Waals surface area (Å²) in [5.74, 6) is 1.53. The first-order chi connectivity index (χ1) is 10.7. The minimum Gasteiger partial charge on any atom is -0.326 e. The Morgan fingerprint density at radius 2 is 2.18 bits per heavy atom. The van der Waals surface area contributed by atoms with Crippen LogP contribution in [0.4, 0.5) is 5.69 Å². The smallest absolute Gasteiger partial charge is 0.224 e. The summed E-state index contributed by atoms with van der Waals surface area (Å²) < 4.78 is 1.65. The van der Waals surface area contributed by atoms with Gasteiger partial charge in [0, 0.05) is 12.1 Å². The molecule has 1 aromatic heterocycles. The molecule has 1 aliphatic carbocycles. The first-order valence-corrected chi connectivity index (χ1v) is 7.87. The SMILES string of the molecule is Cc1nnnn1-c1cccc(NC(=O)CCC2CCCC2)c1. The highest BCUT2D eigenvalue weighted by atomic mass is 16.1. The molecule has 0 radical (unpaired) electrons. The van der Waals surface area contributed by atoms with Crippen LogP contribution in [0.15, 0.2) is 24.3 Å². The number of benzene rings is 1. The highest BCUT2D eigenvalue weighted by Crippen LogP contribution is 2.28.